The minimum atomic E-state index is 0. The highest BCUT2D eigenvalue weighted by Crippen LogP contribution is 2.26. The van der Waals surface area contributed by atoms with Gasteiger partial charge in [-0.3, -0.25) is 0 Å². The summed E-state index contributed by atoms with van der Waals surface area (Å²) in [5, 5.41) is 13.1. The zero-order valence-electron chi connectivity index (χ0n) is 66.0. The first-order valence-corrected chi connectivity index (χ1v) is 41.6. The van der Waals surface area contributed by atoms with E-state index in [-0.39, 0.29) is 34.8 Å². The fourth-order valence-electron chi connectivity index (χ4n) is 11.3. The van der Waals surface area contributed by atoms with E-state index in [4.69, 9.17) is 0 Å². The van der Waals surface area contributed by atoms with E-state index >= 15 is 0 Å². The van der Waals surface area contributed by atoms with E-state index in [2.05, 4.69) is 173 Å². The second kappa shape index (κ2) is 110. The van der Waals surface area contributed by atoms with Crippen LogP contribution in [0.4, 0.5) is 0 Å². The average Bonchev–Trinajstić information content (AvgIpc) is 0.977. The SMILES string of the molecule is C.C.C1CCNCC1.C1CCNCC1.C1CCNCC1.C1CCNCC1.CC#CC#CC#CC#CC#CC#CC#CC.CCC.CCCCCCCC(CC)CCC(CC)CCCCC.CCCCCCCCCCCCCCC.CCCCCCCCCCCCCCCC.[HH].[HH].[HH].[HH].[HH].[HH].[HH].[HH].[HH].[HH].[HH].[HH].[HH].[HH]. The van der Waals surface area contributed by atoms with Gasteiger partial charge in [-0.2, -0.15) is 0 Å². The highest BCUT2D eigenvalue weighted by atomic mass is 14.9. The summed E-state index contributed by atoms with van der Waals surface area (Å²) in [6.45, 7) is 36.2. The van der Waals surface area contributed by atoms with Crippen molar-refractivity contribution in [1.29, 1.82) is 0 Å². The molecule has 2 unspecified atom stereocenters. The Kier molecular flexibility index (Phi) is 122. The summed E-state index contributed by atoms with van der Waals surface area (Å²) in [5.41, 5.74) is 0. The van der Waals surface area contributed by atoms with Crippen LogP contribution in [0, 0.1) is 94.7 Å². The highest BCUT2D eigenvalue weighted by molar-refractivity contribution is 5.45. The maximum absolute atomic E-state index is 3.28. The van der Waals surface area contributed by atoms with E-state index in [1.807, 2.05) is 0 Å². The van der Waals surface area contributed by atoms with Gasteiger partial charge in [0.2, 0.25) is 0 Å². The van der Waals surface area contributed by atoms with Gasteiger partial charge in [0.25, 0.3) is 0 Å². The van der Waals surface area contributed by atoms with Gasteiger partial charge in [0.15, 0.2) is 0 Å². The summed E-state index contributed by atoms with van der Waals surface area (Å²) in [6.07, 6.45) is 77.7. The molecule has 0 spiro atoms. The topological polar surface area (TPSA) is 48.1 Å². The molecule has 4 aliphatic heterocycles. The summed E-state index contributed by atoms with van der Waals surface area (Å²) >= 11 is 0. The Hall–Kier alpha value is -3.24. The van der Waals surface area contributed by atoms with Crippen LogP contribution < -0.4 is 21.3 Å². The van der Waals surface area contributed by atoms with Crippen molar-refractivity contribution in [3.05, 3.63) is 0 Å². The van der Waals surface area contributed by atoms with Crippen molar-refractivity contribution in [3.63, 3.8) is 0 Å². The average molecular weight is 1360 g/mol. The van der Waals surface area contributed by atoms with Gasteiger partial charge < -0.3 is 21.3 Å². The molecule has 96 heavy (non-hydrogen) atoms. The molecule has 0 aromatic rings. The fourth-order valence-corrected chi connectivity index (χ4v) is 11.3. The molecule has 4 heteroatoms. The van der Waals surface area contributed by atoms with Gasteiger partial charge in [0.05, 0.1) is 0 Å². The zero-order chi connectivity index (χ0) is 69.7. The van der Waals surface area contributed by atoms with Gasteiger partial charge in [-0.1, -0.05) is 391 Å². The van der Waals surface area contributed by atoms with E-state index in [0.29, 0.717) is 0 Å². The van der Waals surface area contributed by atoms with E-state index < -0.39 is 0 Å². The number of hydrogen-bond donors (Lipinski definition) is 4. The summed E-state index contributed by atoms with van der Waals surface area (Å²) in [5.74, 6) is 37.6. The zero-order valence-corrected chi connectivity index (χ0v) is 66.0. The van der Waals surface area contributed by atoms with Gasteiger partial charge in [-0.15, -0.1) is 0 Å². The smallest absolute Gasteiger partial charge is 0 e. The summed E-state index contributed by atoms with van der Waals surface area (Å²) in [4.78, 5) is 0. The molecule has 0 aromatic heterocycles. The van der Waals surface area contributed by atoms with Gasteiger partial charge in [0.1, 0.15) is 0 Å². The Morgan fingerprint density at radius 2 is 0.375 bits per heavy atom. The first-order valence-electron chi connectivity index (χ1n) is 41.6. The molecule has 4 rings (SSSR count). The molecule has 0 amide bonds. The Morgan fingerprint density at radius 3 is 0.521 bits per heavy atom. The molecule has 0 saturated carbocycles. The molecule has 0 aromatic carbocycles. The van der Waals surface area contributed by atoms with Gasteiger partial charge in [-0.05, 0) is 200 Å². The summed E-state index contributed by atoms with van der Waals surface area (Å²) < 4.78 is 0. The van der Waals surface area contributed by atoms with Gasteiger partial charge >= 0.3 is 0 Å². The summed E-state index contributed by atoms with van der Waals surface area (Å²) in [7, 11) is 0. The van der Waals surface area contributed by atoms with Crippen LogP contribution in [-0.4, -0.2) is 52.4 Å². The molecule has 0 radical (unpaired) electrons. The van der Waals surface area contributed by atoms with Crippen molar-refractivity contribution < 1.29 is 20.0 Å². The van der Waals surface area contributed by atoms with E-state index in [0.717, 1.165) is 11.8 Å². The van der Waals surface area contributed by atoms with Crippen LogP contribution in [-0.2, 0) is 0 Å². The monoisotopic (exact) mass is 1360 g/mol. The molecule has 4 N–H and O–H groups in total. The van der Waals surface area contributed by atoms with Gasteiger partial charge in [0, 0.05) is 20.0 Å². The summed E-state index contributed by atoms with van der Waals surface area (Å²) in [6, 6.07) is 0. The fraction of sp³-hybridized carbons (Fsp3) is 0.848. The van der Waals surface area contributed by atoms with Crippen molar-refractivity contribution in [2.45, 2.75) is 445 Å². The minimum Gasteiger partial charge on any atom is -0.317 e. The van der Waals surface area contributed by atoms with Gasteiger partial charge in [-0.25, -0.2) is 0 Å². The standard InChI is InChI=1S/C20H42.C16H34.C16H6.C15H32.4C5H11N.C3H8.2CH4.14H2/c1-5-9-11-12-14-16-20(8-4)18-17-19(7-3)15-13-10-6-2;2*1-3-5-7-9-11-13-15-16-14-12-10-8-6-4-2;1-3-5-7-9-11-13-15-14-12-10-8-6-4-2;4*1-2-4-6-5-3-1;1-3-2;;;;;;;;;;;;;;;;/h19-20H,5-18H2,1-4H3;3-16H2,1-2H3;1-2H3;3-15H2,1-2H3;4*6H,1-5H2;3H2,1-2H3;2*1H4;14*1H. The van der Waals surface area contributed by atoms with Crippen LogP contribution >= 0.6 is 0 Å². The van der Waals surface area contributed by atoms with E-state index in [9.17, 15) is 0 Å². The Morgan fingerprint density at radius 1 is 0.219 bits per heavy atom. The molecule has 0 bridgehead atoms. The van der Waals surface area contributed by atoms with Crippen LogP contribution in [0.1, 0.15) is 465 Å². The van der Waals surface area contributed by atoms with E-state index in [1.165, 1.54) is 399 Å². The second-order valence-electron chi connectivity index (χ2n) is 26.9. The van der Waals surface area contributed by atoms with Crippen LogP contribution in [0.5, 0.6) is 0 Å². The van der Waals surface area contributed by atoms with Crippen molar-refractivity contribution >= 4 is 0 Å². The first kappa shape index (κ1) is 106. The molecule has 4 aliphatic rings. The number of rotatable bonds is 40. The lowest BCUT2D eigenvalue weighted by Gasteiger charge is -2.19. The molecule has 590 valence electrons. The molecule has 4 nitrogen and oxygen atoms in total. The lowest BCUT2D eigenvalue weighted by Crippen LogP contribution is -2.21. The minimum absolute atomic E-state index is 0. The Balaban J connectivity index is -0.0000000434. The Bertz CT molecular complexity index is 1700. The van der Waals surface area contributed by atoms with Crippen molar-refractivity contribution in [3.8, 4) is 82.9 Å². The van der Waals surface area contributed by atoms with E-state index in [1.54, 1.807) is 13.8 Å². The lowest BCUT2D eigenvalue weighted by molar-refractivity contribution is 0.334. The molecule has 2 atom stereocenters. The number of piperidine rings is 4. The largest absolute Gasteiger partial charge is 0.317 e. The second-order valence-corrected chi connectivity index (χ2v) is 26.9. The predicted octanol–water partition coefficient (Wildman–Crippen LogP) is 30.6. The maximum Gasteiger partial charge on any atom is 0 e. The van der Waals surface area contributed by atoms with Crippen molar-refractivity contribution in [2.24, 2.45) is 11.8 Å². The van der Waals surface area contributed by atoms with Crippen molar-refractivity contribution in [1.82, 2.24) is 21.3 Å². The maximum atomic E-state index is 3.28. The lowest BCUT2D eigenvalue weighted by atomic mass is 9.87. The van der Waals surface area contributed by atoms with Crippen LogP contribution in [0.15, 0.2) is 0 Å². The van der Waals surface area contributed by atoms with Crippen LogP contribution in [0.2, 0.25) is 0 Å². The molecular formula is C92H202N4. The quantitative estimate of drug-likeness (QED) is 0.0365. The predicted molar refractivity (Wildman–Crippen MR) is 473 cm³/mol. The van der Waals surface area contributed by atoms with Crippen LogP contribution in [0.3, 0.4) is 0 Å². The third-order valence-electron chi connectivity index (χ3n) is 17.5. The normalized spacial score (nSPS) is 13.3. The Labute approximate surface area is 630 Å². The number of nitrogens with one attached hydrogen (secondary N) is 4. The third kappa shape index (κ3) is 115. The molecule has 4 fully saturated rings. The number of hydrogen-bond acceptors (Lipinski definition) is 4. The first-order chi connectivity index (χ1) is 46.4. The number of unbranched alkanes of at least 4 members (excludes halogenated alkanes) is 31. The molecule has 4 heterocycles. The van der Waals surface area contributed by atoms with Crippen LogP contribution in [0.25, 0.3) is 0 Å². The highest BCUT2D eigenvalue weighted by Gasteiger charge is 2.11. The van der Waals surface area contributed by atoms with Crippen molar-refractivity contribution in [2.75, 3.05) is 52.4 Å². The molecule has 4 saturated heterocycles. The molecular weight excluding hydrogens is 1160 g/mol. The third-order valence-corrected chi connectivity index (χ3v) is 17.5. The molecule has 0 aliphatic carbocycles.